The van der Waals surface area contributed by atoms with Crippen molar-refractivity contribution in [1.82, 2.24) is 4.98 Å². The Bertz CT molecular complexity index is 953. The normalized spacial score (nSPS) is 15.5. The highest BCUT2D eigenvalue weighted by Gasteiger charge is 2.53. The molecule has 0 atom stereocenters. The topological polar surface area (TPSA) is 44.9 Å². The average molecular weight is 383 g/mol. The molecule has 0 spiro atoms. The molecule has 1 aliphatic carbocycles. The van der Waals surface area contributed by atoms with Crippen LogP contribution in [0.5, 0.6) is 0 Å². The van der Waals surface area contributed by atoms with E-state index in [-0.39, 0.29) is 5.91 Å². The van der Waals surface area contributed by atoms with Crippen LogP contribution >= 0.6 is 15.9 Å². The molecule has 4 heteroatoms. The molecule has 0 bridgehead atoms. The number of aromatic nitrogens is 1. The van der Waals surface area contributed by atoms with Crippen LogP contribution in [0.4, 0.5) is 5.69 Å². The molecule has 1 heterocycles. The van der Waals surface area contributed by atoms with Crippen LogP contribution in [0, 0.1) is 13.8 Å². The number of aryl methyl sites for hydroxylation is 2. The van der Waals surface area contributed by atoms with E-state index in [1.54, 1.807) is 0 Å². The number of fused-ring (bicyclic) bond motifs is 1. The maximum Gasteiger partial charge on any atom is 0.235 e. The zero-order valence-electron chi connectivity index (χ0n) is 13.7. The van der Waals surface area contributed by atoms with Crippen LogP contribution in [-0.4, -0.2) is 10.9 Å². The van der Waals surface area contributed by atoms with Gasteiger partial charge in [0.1, 0.15) is 0 Å². The number of rotatable bonds is 3. The van der Waals surface area contributed by atoms with Crippen molar-refractivity contribution >= 4 is 38.4 Å². The Morgan fingerprint density at radius 2 is 1.92 bits per heavy atom. The van der Waals surface area contributed by atoms with Gasteiger partial charge in [-0.15, -0.1) is 0 Å². The van der Waals surface area contributed by atoms with Gasteiger partial charge >= 0.3 is 0 Å². The van der Waals surface area contributed by atoms with Crippen molar-refractivity contribution in [1.29, 1.82) is 0 Å². The highest BCUT2D eigenvalue weighted by atomic mass is 79.9. The monoisotopic (exact) mass is 382 g/mol. The molecule has 24 heavy (non-hydrogen) atoms. The largest absolute Gasteiger partial charge is 0.358 e. The molecule has 0 saturated heterocycles. The van der Waals surface area contributed by atoms with Gasteiger partial charge in [0.15, 0.2) is 0 Å². The Balaban J connectivity index is 1.72. The molecule has 1 aliphatic rings. The lowest BCUT2D eigenvalue weighted by Gasteiger charge is -2.17. The number of hydrogen-bond donors (Lipinski definition) is 2. The summed E-state index contributed by atoms with van der Waals surface area (Å²) in [6.45, 7) is 4.10. The van der Waals surface area contributed by atoms with Crippen molar-refractivity contribution in [2.75, 3.05) is 5.32 Å². The number of carbonyl (C=O) groups excluding carboxylic acids is 1. The van der Waals surface area contributed by atoms with Gasteiger partial charge < -0.3 is 10.3 Å². The third-order valence-electron chi connectivity index (χ3n) is 4.93. The summed E-state index contributed by atoms with van der Waals surface area (Å²) >= 11 is 3.54. The maximum absolute atomic E-state index is 13.1. The molecule has 3 aromatic rings. The maximum atomic E-state index is 13.1. The summed E-state index contributed by atoms with van der Waals surface area (Å²) in [7, 11) is 0. The summed E-state index contributed by atoms with van der Waals surface area (Å²) < 4.78 is 0.919. The van der Waals surface area contributed by atoms with E-state index in [0.717, 1.165) is 50.7 Å². The number of nitrogens with one attached hydrogen (secondary N) is 2. The molecule has 1 aromatic heterocycles. The van der Waals surface area contributed by atoms with Crippen molar-refractivity contribution in [3.8, 4) is 0 Å². The number of halogens is 1. The molecule has 0 unspecified atom stereocenters. The Morgan fingerprint density at radius 3 is 2.62 bits per heavy atom. The van der Waals surface area contributed by atoms with Crippen molar-refractivity contribution in [3.63, 3.8) is 0 Å². The molecular formula is C20H19BrN2O. The molecule has 1 saturated carbocycles. The fourth-order valence-corrected chi connectivity index (χ4v) is 4.16. The second-order valence-corrected chi connectivity index (χ2v) is 7.54. The Labute approximate surface area is 149 Å². The van der Waals surface area contributed by atoms with Gasteiger partial charge in [-0.25, -0.2) is 0 Å². The molecule has 122 valence electrons. The van der Waals surface area contributed by atoms with Crippen molar-refractivity contribution in [2.45, 2.75) is 32.1 Å². The predicted molar refractivity (Wildman–Crippen MR) is 101 cm³/mol. The Morgan fingerprint density at radius 1 is 1.17 bits per heavy atom. The lowest BCUT2D eigenvalue weighted by atomic mass is 9.92. The number of aromatic amines is 1. The molecule has 4 rings (SSSR count). The standard InChI is InChI=1S/C20H19BrN2O/c1-12-7-8-17(15(21)11-12)23-19(24)20(9-10-20)18-13(2)22-16-6-4-3-5-14(16)18/h3-8,11,22H,9-10H2,1-2H3,(H,23,24). The van der Waals surface area contributed by atoms with E-state index >= 15 is 0 Å². The second-order valence-electron chi connectivity index (χ2n) is 6.69. The number of amides is 1. The van der Waals surface area contributed by atoms with Crippen LogP contribution in [-0.2, 0) is 10.2 Å². The lowest BCUT2D eigenvalue weighted by Crippen LogP contribution is -2.28. The van der Waals surface area contributed by atoms with Crippen LogP contribution < -0.4 is 5.32 Å². The fraction of sp³-hybridized carbons (Fsp3) is 0.250. The molecule has 1 fully saturated rings. The fourth-order valence-electron chi connectivity index (χ4n) is 3.57. The minimum atomic E-state index is -0.409. The highest BCUT2D eigenvalue weighted by Crippen LogP contribution is 2.52. The Hall–Kier alpha value is -2.07. The average Bonchev–Trinajstić information content (AvgIpc) is 3.27. The number of H-pyrrole nitrogens is 1. The smallest absolute Gasteiger partial charge is 0.235 e. The summed E-state index contributed by atoms with van der Waals surface area (Å²) in [6, 6.07) is 14.2. The minimum Gasteiger partial charge on any atom is -0.358 e. The zero-order valence-corrected chi connectivity index (χ0v) is 15.3. The van der Waals surface area contributed by atoms with Gasteiger partial charge in [-0.1, -0.05) is 24.3 Å². The molecule has 2 N–H and O–H groups in total. The van der Waals surface area contributed by atoms with E-state index in [2.05, 4.69) is 45.3 Å². The summed E-state index contributed by atoms with van der Waals surface area (Å²) in [5, 5.41) is 4.28. The molecular weight excluding hydrogens is 364 g/mol. The molecule has 3 nitrogen and oxygen atoms in total. The van der Waals surface area contributed by atoms with E-state index in [1.807, 2.05) is 37.3 Å². The lowest BCUT2D eigenvalue weighted by molar-refractivity contribution is -0.118. The number of benzene rings is 2. The predicted octanol–water partition coefficient (Wildman–Crippen LogP) is 5.22. The third-order valence-corrected chi connectivity index (χ3v) is 5.59. The first-order valence-electron chi connectivity index (χ1n) is 8.17. The zero-order chi connectivity index (χ0) is 16.9. The number of para-hydroxylation sites is 1. The molecule has 0 radical (unpaired) electrons. The first-order valence-corrected chi connectivity index (χ1v) is 8.96. The van der Waals surface area contributed by atoms with Crippen molar-refractivity contribution in [3.05, 3.63) is 63.8 Å². The molecule has 2 aromatic carbocycles. The second kappa shape index (κ2) is 5.49. The molecule has 1 amide bonds. The first kappa shape index (κ1) is 15.5. The van der Waals surface area contributed by atoms with Crippen LogP contribution in [0.3, 0.4) is 0 Å². The number of carbonyl (C=O) groups is 1. The van der Waals surface area contributed by atoms with Crippen LogP contribution in [0.15, 0.2) is 46.9 Å². The summed E-state index contributed by atoms with van der Waals surface area (Å²) in [5.74, 6) is 0.0832. The van der Waals surface area contributed by atoms with Crippen LogP contribution in [0.2, 0.25) is 0 Å². The van der Waals surface area contributed by atoms with Gasteiger partial charge in [-0.2, -0.15) is 0 Å². The number of anilines is 1. The van der Waals surface area contributed by atoms with Crippen molar-refractivity contribution < 1.29 is 4.79 Å². The van der Waals surface area contributed by atoms with E-state index in [4.69, 9.17) is 0 Å². The van der Waals surface area contributed by atoms with Gasteiger partial charge in [0.2, 0.25) is 5.91 Å². The van der Waals surface area contributed by atoms with E-state index in [9.17, 15) is 4.79 Å². The van der Waals surface area contributed by atoms with Gasteiger partial charge in [0.25, 0.3) is 0 Å². The van der Waals surface area contributed by atoms with E-state index in [0.29, 0.717) is 0 Å². The number of hydrogen-bond acceptors (Lipinski definition) is 1. The van der Waals surface area contributed by atoms with Gasteiger partial charge in [0, 0.05) is 21.1 Å². The van der Waals surface area contributed by atoms with Gasteiger partial charge in [-0.3, -0.25) is 4.79 Å². The summed E-state index contributed by atoms with van der Waals surface area (Å²) in [5.41, 5.74) is 4.92. The highest BCUT2D eigenvalue weighted by molar-refractivity contribution is 9.10. The third kappa shape index (κ3) is 2.37. The molecule has 0 aliphatic heterocycles. The first-order chi connectivity index (χ1) is 11.5. The van der Waals surface area contributed by atoms with Crippen LogP contribution in [0.25, 0.3) is 10.9 Å². The van der Waals surface area contributed by atoms with Gasteiger partial charge in [-0.05, 0) is 71.9 Å². The van der Waals surface area contributed by atoms with Crippen molar-refractivity contribution in [2.24, 2.45) is 0 Å². The van der Waals surface area contributed by atoms with E-state index in [1.165, 1.54) is 0 Å². The van der Waals surface area contributed by atoms with Crippen LogP contribution in [0.1, 0.15) is 29.7 Å². The van der Waals surface area contributed by atoms with Gasteiger partial charge in [0.05, 0.1) is 11.1 Å². The van der Waals surface area contributed by atoms with E-state index < -0.39 is 5.41 Å². The summed E-state index contributed by atoms with van der Waals surface area (Å²) in [6.07, 6.45) is 1.79. The summed E-state index contributed by atoms with van der Waals surface area (Å²) in [4.78, 5) is 16.5. The minimum absolute atomic E-state index is 0.0832. The SMILES string of the molecule is Cc1ccc(NC(=O)C2(c3c(C)[nH]c4ccccc34)CC2)c(Br)c1. The Kier molecular flexibility index (Phi) is 3.53. The quantitative estimate of drug-likeness (QED) is 0.640.